The van der Waals surface area contributed by atoms with Gasteiger partial charge in [0.2, 0.25) is 0 Å². The largest absolute Gasteiger partial charge is 0.461 e. The number of rotatable bonds is 40. The number of thiophene rings is 6. The molecule has 6 heterocycles. The Morgan fingerprint density at radius 3 is 0.953 bits per heavy atom. The number of hydrogen-bond donors (Lipinski definition) is 0. The van der Waals surface area contributed by atoms with Crippen molar-refractivity contribution in [2.45, 2.75) is 246 Å². The molecule has 0 spiro atoms. The first-order valence-electron chi connectivity index (χ1n) is 40.5. The van der Waals surface area contributed by atoms with Crippen LogP contribution in [0.15, 0.2) is 141 Å². The standard InChI is InChI=1S/C94H108Br2O4S6/c1-9-17-23-27-33-63-37-45-67(46-38-63)93(68-47-39-64(40-48-68)34-28-24-18-10-2)75-53-72-76(54-71(75)83-77(93)57-79(101-83)87-85-73(89(95)105-87)55-81(103-85)91(97)99-59-61(15-7)31-21-13-5)94(69-49-41-65(42-50-69)35-29-25-19-11-3,70-51-43-66(44-52-70)36-30-26-20-12-4)78-58-80(102-84(72)78)88-86-74(90(96)106-88)56-82(104-86)92(98)100-60-62(16-8)32-22-14-6/h37-58,61-62H,9-36,59-60H2,1-8H3. The summed E-state index contributed by atoms with van der Waals surface area (Å²) in [6.45, 7) is 19.0. The van der Waals surface area contributed by atoms with Gasteiger partial charge in [-0.05, 0) is 222 Å². The molecule has 5 aromatic carbocycles. The molecule has 11 aromatic rings. The summed E-state index contributed by atoms with van der Waals surface area (Å²) in [7, 11) is 0. The summed E-state index contributed by atoms with van der Waals surface area (Å²) in [6, 6.07) is 54.2. The predicted molar refractivity (Wildman–Crippen MR) is 468 cm³/mol. The molecule has 0 bridgehead atoms. The van der Waals surface area contributed by atoms with Crippen LogP contribution in [0.4, 0.5) is 0 Å². The Balaban J connectivity index is 1.05. The first-order chi connectivity index (χ1) is 51.8. The zero-order valence-corrected chi connectivity index (χ0v) is 72.0. The fraction of sp³-hybridized carbons (Fsp3) is 0.447. The maximum Gasteiger partial charge on any atom is 0.348 e. The normalized spacial score (nSPS) is 13.9. The fourth-order valence-corrected chi connectivity index (χ4v) is 25.9. The van der Waals surface area contributed by atoms with Gasteiger partial charge in [0.15, 0.2) is 0 Å². The Hall–Kier alpha value is -5.28. The summed E-state index contributed by atoms with van der Waals surface area (Å²) in [6.07, 6.45) is 32.5. The quantitative estimate of drug-likeness (QED) is 0.0284. The molecule has 13 rings (SSSR count). The van der Waals surface area contributed by atoms with Crippen LogP contribution in [0.1, 0.15) is 296 Å². The van der Waals surface area contributed by atoms with E-state index in [1.165, 1.54) is 210 Å². The van der Waals surface area contributed by atoms with Crippen molar-refractivity contribution in [3.05, 3.63) is 218 Å². The van der Waals surface area contributed by atoms with Crippen molar-refractivity contribution < 1.29 is 19.1 Å². The van der Waals surface area contributed by atoms with Gasteiger partial charge in [0.05, 0.1) is 50.8 Å². The summed E-state index contributed by atoms with van der Waals surface area (Å²) < 4.78 is 16.7. The molecule has 2 atom stereocenters. The Morgan fingerprint density at radius 1 is 0.349 bits per heavy atom. The van der Waals surface area contributed by atoms with E-state index in [0.29, 0.717) is 34.8 Å². The molecule has 0 saturated heterocycles. The molecule has 558 valence electrons. The number of fused-ring (bicyclic) bond motifs is 8. The maximum atomic E-state index is 14.2. The van der Waals surface area contributed by atoms with Crippen molar-refractivity contribution in [2.24, 2.45) is 11.8 Å². The first kappa shape index (κ1) is 78.8. The van der Waals surface area contributed by atoms with Crippen LogP contribution in [-0.4, -0.2) is 25.2 Å². The summed E-state index contributed by atoms with van der Waals surface area (Å²) in [5, 5.41) is 2.14. The lowest BCUT2D eigenvalue weighted by atomic mass is 9.65. The van der Waals surface area contributed by atoms with Gasteiger partial charge in [-0.1, -0.05) is 268 Å². The van der Waals surface area contributed by atoms with Crippen LogP contribution in [0.25, 0.3) is 60.6 Å². The average Bonchev–Trinajstić information content (AvgIpc) is 1.50. The number of aryl methyl sites for hydroxylation is 4. The highest BCUT2D eigenvalue weighted by molar-refractivity contribution is 9.11. The van der Waals surface area contributed by atoms with E-state index in [4.69, 9.17) is 9.47 Å². The van der Waals surface area contributed by atoms with Crippen molar-refractivity contribution in [1.82, 2.24) is 0 Å². The SMILES string of the molecule is CCCCCCc1ccc(C2(c3ccc(CCCCCC)cc3)c3cc4c(cc3-c3sc(-c5sc(Br)c6cc(C(=O)OCC(CC)CCCC)sc56)cc32)C(c2ccc(CCCCCC)cc2)(c2ccc(CCCCCC)cc2)c2cc(-c3sc(Br)c5cc(C(=O)OCC(CC)CCCC)sc35)sc2-4)cc1. The lowest BCUT2D eigenvalue weighted by Gasteiger charge is -2.35. The molecular formula is C94H108Br2O4S6. The lowest BCUT2D eigenvalue weighted by molar-refractivity contribution is 0.0425. The second kappa shape index (κ2) is 36.7. The first-order valence-corrected chi connectivity index (χ1v) is 47.0. The smallest absolute Gasteiger partial charge is 0.348 e. The molecule has 0 amide bonds. The van der Waals surface area contributed by atoms with Gasteiger partial charge < -0.3 is 9.47 Å². The topological polar surface area (TPSA) is 52.6 Å². The molecule has 0 saturated carbocycles. The highest BCUT2D eigenvalue weighted by Crippen LogP contribution is 2.67. The van der Waals surface area contributed by atoms with Crippen molar-refractivity contribution in [2.75, 3.05) is 13.2 Å². The average molecular weight is 1650 g/mol. The number of benzene rings is 5. The van der Waals surface area contributed by atoms with E-state index in [2.05, 4.69) is 221 Å². The van der Waals surface area contributed by atoms with E-state index in [0.717, 1.165) is 105 Å². The molecule has 0 radical (unpaired) electrons. The van der Waals surface area contributed by atoms with Gasteiger partial charge in [-0.15, -0.1) is 68.0 Å². The minimum Gasteiger partial charge on any atom is -0.461 e. The fourth-order valence-electron chi connectivity index (χ4n) is 16.8. The molecular weight excluding hydrogens is 1550 g/mol. The number of carbonyl (C=O) groups is 2. The van der Waals surface area contributed by atoms with E-state index >= 15 is 0 Å². The number of esters is 2. The van der Waals surface area contributed by atoms with Gasteiger partial charge in [0.1, 0.15) is 9.75 Å². The Bertz CT molecular complexity index is 4330. The molecule has 2 unspecified atom stereocenters. The van der Waals surface area contributed by atoms with Crippen molar-refractivity contribution >= 4 is 132 Å². The van der Waals surface area contributed by atoms with Gasteiger partial charge >= 0.3 is 11.9 Å². The van der Waals surface area contributed by atoms with Crippen LogP contribution in [0.2, 0.25) is 0 Å². The molecule has 0 N–H and O–H groups in total. The molecule has 106 heavy (non-hydrogen) atoms. The molecule has 6 aromatic heterocycles. The van der Waals surface area contributed by atoms with Gasteiger partial charge in [-0.25, -0.2) is 9.59 Å². The third-order valence-corrected chi connectivity index (χ3v) is 32.1. The van der Waals surface area contributed by atoms with E-state index in [9.17, 15) is 9.59 Å². The minimum atomic E-state index is -0.716. The van der Waals surface area contributed by atoms with Gasteiger partial charge in [0, 0.05) is 30.3 Å². The summed E-state index contributed by atoms with van der Waals surface area (Å²) >= 11 is 18.8. The number of carbonyl (C=O) groups excluding carboxylic acids is 2. The van der Waals surface area contributed by atoms with E-state index in [1.54, 1.807) is 45.3 Å². The van der Waals surface area contributed by atoms with Crippen LogP contribution < -0.4 is 0 Å². The maximum absolute atomic E-state index is 14.2. The highest BCUT2D eigenvalue weighted by atomic mass is 79.9. The van der Waals surface area contributed by atoms with Gasteiger partial charge in [0.25, 0.3) is 0 Å². The lowest BCUT2D eigenvalue weighted by Crippen LogP contribution is -2.30. The minimum absolute atomic E-state index is 0.225. The van der Waals surface area contributed by atoms with Crippen LogP contribution in [0.3, 0.4) is 0 Å². The van der Waals surface area contributed by atoms with Crippen LogP contribution in [-0.2, 0) is 46.0 Å². The molecule has 2 aliphatic rings. The monoisotopic (exact) mass is 1650 g/mol. The summed E-state index contributed by atoms with van der Waals surface area (Å²) in [4.78, 5) is 37.1. The Labute approximate surface area is 673 Å². The summed E-state index contributed by atoms with van der Waals surface area (Å²) in [5.41, 5.74) is 17.0. The van der Waals surface area contributed by atoms with Crippen LogP contribution in [0.5, 0.6) is 0 Å². The second-order valence-corrected chi connectivity index (χ2v) is 39.2. The second-order valence-electron chi connectivity index (χ2n) is 30.3. The third-order valence-electron chi connectivity index (χ3n) is 23.1. The molecule has 0 aliphatic heterocycles. The zero-order chi connectivity index (χ0) is 73.9. The number of unbranched alkanes of at least 4 members (excludes halogenated alkanes) is 14. The molecule has 4 nitrogen and oxygen atoms in total. The molecule has 2 aliphatic carbocycles. The van der Waals surface area contributed by atoms with Crippen molar-refractivity contribution in [3.8, 4) is 40.4 Å². The number of hydrogen-bond acceptors (Lipinski definition) is 10. The summed E-state index contributed by atoms with van der Waals surface area (Å²) in [5.74, 6) is 0.269. The Morgan fingerprint density at radius 2 is 0.660 bits per heavy atom. The van der Waals surface area contributed by atoms with Crippen LogP contribution >= 0.6 is 99.9 Å². The highest BCUT2D eigenvalue weighted by Gasteiger charge is 2.53. The molecule has 0 fully saturated rings. The zero-order valence-electron chi connectivity index (χ0n) is 63.9. The van der Waals surface area contributed by atoms with Crippen LogP contribution in [0, 0.1) is 11.8 Å². The van der Waals surface area contributed by atoms with E-state index < -0.39 is 10.8 Å². The Kier molecular flexibility index (Phi) is 27.3. The van der Waals surface area contributed by atoms with E-state index in [1.807, 2.05) is 22.7 Å². The van der Waals surface area contributed by atoms with E-state index in [-0.39, 0.29) is 11.9 Å². The van der Waals surface area contributed by atoms with Gasteiger partial charge in [-0.3, -0.25) is 0 Å². The predicted octanol–water partition coefficient (Wildman–Crippen LogP) is 31.2. The van der Waals surface area contributed by atoms with Crippen molar-refractivity contribution in [1.29, 1.82) is 0 Å². The number of ether oxygens (including phenoxy) is 2. The third kappa shape index (κ3) is 16.3. The van der Waals surface area contributed by atoms with Gasteiger partial charge in [-0.2, -0.15) is 0 Å². The molecule has 12 heteroatoms. The number of halogens is 2. The van der Waals surface area contributed by atoms with Crippen molar-refractivity contribution in [3.63, 3.8) is 0 Å².